The van der Waals surface area contributed by atoms with Crippen LogP contribution in [0.4, 0.5) is 0 Å². The molecule has 0 atom stereocenters. The molecule has 4 nitrogen and oxygen atoms in total. The molecule has 0 spiro atoms. The number of hydrogen-bond donors (Lipinski definition) is 1. The van der Waals surface area contributed by atoms with E-state index in [0.29, 0.717) is 28.8 Å². The lowest BCUT2D eigenvalue weighted by Gasteiger charge is -2.04. The van der Waals surface area contributed by atoms with E-state index < -0.39 is 7.12 Å². The summed E-state index contributed by atoms with van der Waals surface area (Å²) < 4.78 is 5.10. The molecular weight excluding hydrogens is 253 g/mol. The van der Waals surface area contributed by atoms with Gasteiger partial charge >= 0.3 is 7.12 Å². The summed E-state index contributed by atoms with van der Waals surface area (Å²) in [6.45, 7) is 0.311. The minimum Gasteiger partial charge on any atom is -0.423 e. The van der Waals surface area contributed by atoms with Crippen LogP contribution in [0, 0.1) is 11.3 Å². The van der Waals surface area contributed by atoms with E-state index in [1.165, 1.54) is 0 Å². The van der Waals surface area contributed by atoms with Crippen LogP contribution >= 0.6 is 0 Å². The predicted molar refractivity (Wildman–Crippen MR) is 73.4 cm³/mol. The predicted octanol–water partition coefficient (Wildman–Crippen LogP) is 1.01. The first-order chi connectivity index (χ1) is 9.69. The van der Waals surface area contributed by atoms with Crippen molar-refractivity contribution in [2.75, 3.05) is 0 Å². The summed E-state index contributed by atoms with van der Waals surface area (Å²) in [7, 11) is -0.899. The molecule has 1 heterocycles. The number of ketones is 1. The Labute approximate surface area is 116 Å². The van der Waals surface area contributed by atoms with Gasteiger partial charge in [-0.25, -0.2) is 0 Å². The molecule has 2 aromatic carbocycles. The first-order valence-corrected chi connectivity index (χ1v) is 6.16. The molecule has 0 unspecified atom stereocenters. The van der Waals surface area contributed by atoms with Crippen LogP contribution in [0.3, 0.4) is 0 Å². The van der Waals surface area contributed by atoms with Gasteiger partial charge in [0.25, 0.3) is 0 Å². The highest BCUT2D eigenvalue weighted by atomic mass is 16.5. The third-order valence-corrected chi connectivity index (χ3v) is 3.34. The Morgan fingerprint density at radius 1 is 1.20 bits per heavy atom. The monoisotopic (exact) mass is 263 g/mol. The van der Waals surface area contributed by atoms with Crippen molar-refractivity contribution in [3.05, 3.63) is 64.7 Å². The van der Waals surface area contributed by atoms with Gasteiger partial charge in [-0.05, 0) is 41.4 Å². The highest BCUT2D eigenvalue weighted by Crippen LogP contribution is 2.15. The largest absolute Gasteiger partial charge is 0.491 e. The van der Waals surface area contributed by atoms with E-state index in [1.807, 2.05) is 6.07 Å². The van der Waals surface area contributed by atoms with Crippen molar-refractivity contribution in [2.45, 2.75) is 6.61 Å². The number of nitrogens with zero attached hydrogens (tertiary/aromatic N) is 1. The Morgan fingerprint density at radius 3 is 2.60 bits per heavy atom. The second-order valence-electron chi connectivity index (χ2n) is 4.60. The summed E-state index contributed by atoms with van der Waals surface area (Å²) in [5, 5.41) is 18.3. The molecule has 0 aromatic heterocycles. The van der Waals surface area contributed by atoms with Crippen molar-refractivity contribution < 1.29 is 14.5 Å². The van der Waals surface area contributed by atoms with Crippen molar-refractivity contribution in [3.63, 3.8) is 0 Å². The molecule has 0 fully saturated rings. The summed E-state index contributed by atoms with van der Waals surface area (Å²) in [4.78, 5) is 12.3. The van der Waals surface area contributed by atoms with Crippen molar-refractivity contribution in [1.29, 1.82) is 5.26 Å². The Morgan fingerprint density at radius 2 is 1.90 bits per heavy atom. The summed E-state index contributed by atoms with van der Waals surface area (Å²) in [5.41, 5.74) is 3.14. The van der Waals surface area contributed by atoms with Gasteiger partial charge in [-0.15, -0.1) is 0 Å². The van der Waals surface area contributed by atoms with Crippen LogP contribution in [0.25, 0.3) is 0 Å². The molecule has 0 saturated carbocycles. The fourth-order valence-corrected chi connectivity index (χ4v) is 2.23. The average Bonchev–Trinajstić information content (AvgIpc) is 2.87. The molecule has 1 aliphatic heterocycles. The topological polar surface area (TPSA) is 70.3 Å². The highest BCUT2D eigenvalue weighted by molar-refractivity contribution is 6.61. The van der Waals surface area contributed by atoms with Gasteiger partial charge in [0.15, 0.2) is 5.78 Å². The Balaban J connectivity index is 1.93. The number of carbonyl (C=O) groups excluding carboxylic acids is 1. The maximum absolute atomic E-state index is 12.3. The molecule has 96 valence electrons. The first-order valence-electron chi connectivity index (χ1n) is 6.16. The minimum absolute atomic E-state index is 0.112. The van der Waals surface area contributed by atoms with E-state index in [4.69, 9.17) is 9.92 Å². The van der Waals surface area contributed by atoms with Gasteiger partial charge in [0, 0.05) is 11.1 Å². The molecule has 3 rings (SSSR count). The molecule has 20 heavy (non-hydrogen) atoms. The fourth-order valence-electron chi connectivity index (χ4n) is 2.23. The van der Waals surface area contributed by atoms with Crippen LogP contribution in [0.15, 0.2) is 42.5 Å². The molecule has 0 bridgehead atoms. The number of benzene rings is 2. The number of nitriles is 1. The SMILES string of the molecule is N#Cc1ccc(C(=O)c2ccc3c(c2)COB3O)cc1. The molecule has 1 N–H and O–H groups in total. The van der Waals surface area contributed by atoms with Gasteiger partial charge in [0.05, 0.1) is 18.2 Å². The first kappa shape index (κ1) is 12.6. The zero-order valence-electron chi connectivity index (χ0n) is 10.5. The van der Waals surface area contributed by atoms with Crippen molar-refractivity contribution in [3.8, 4) is 6.07 Å². The summed E-state index contributed by atoms with van der Waals surface area (Å²) in [6.07, 6.45) is 0. The Hall–Kier alpha value is -2.42. The number of hydrogen-bond acceptors (Lipinski definition) is 4. The number of fused-ring (bicyclic) bond motifs is 1. The Kier molecular flexibility index (Phi) is 3.11. The smallest absolute Gasteiger partial charge is 0.423 e. The van der Waals surface area contributed by atoms with Crippen molar-refractivity contribution in [2.24, 2.45) is 0 Å². The lowest BCUT2D eigenvalue weighted by molar-refractivity contribution is 0.103. The lowest BCUT2D eigenvalue weighted by Crippen LogP contribution is -2.28. The van der Waals surface area contributed by atoms with E-state index in [0.717, 1.165) is 5.56 Å². The van der Waals surface area contributed by atoms with Gasteiger partial charge < -0.3 is 9.68 Å². The fraction of sp³-hybridized carbons (Fsp3) is 0.0667. The molecule has 2 aromatic rings. The quantitative estimate of drug-likeness (QED) is 0.648. The van der Waals surface area contributed by atoms with Gasteiger partial charge in [-0.1, -0.05) is 12.1 Å². The van der Waals surface area contributed by atoms with Crippen LogP contribution in [0.1, 0.15) is 27.0 Å². The summed E-state index contributed by atoms with van der Waals surface area (Å²) >= 11 is 0. The zero-order chi connectivity index (χ0) is 14.1. The van der Waals surface area contributed by atoms with Crippen LogP contribution in [-0.2, 0) is 11.3 Å². The van der Waals surface area contributed by atoms with Crippen molar-refractivity contribution >= 4 is 18.4 Å². The minimum atomic E-state index is -0.899. The third kappa shape index (κ3) is 2.12. The van der Waals surface area contributed by atoms with Crippen molar-refractivity contribution in [1.82, 2.24) is 0 Å². The lowest BCUT2D eigenvalue weighted by atomic mass is 9.79. The molecule has 1 aliphatic rings. The second-order valence-corrected chi connectivity index (χ2v) is 4.60. The van der Waals surface area contributed by atoms with Gasteiger partial charge in [-0.3, -0.25) is 4.79 Å². The molecule has 0 amide bonds. The second kappa shape index (κ2) is 4.93. The van der Waals surface area contributed by atoms with E-state index in [2.05, 4.69) is 0 Å². The Bertz CT molecular complexity index is 719. The van der Waals surface area contributed by atoms with Gasteiger partial charge in [0.2, 0.25) is 0 Å². The van der Waals surface area contributed by atoms with Crippen LogP contribution in [-0.4, -0.2) is 17.9 Å². The molecule has 0 aliphatic carbocycles. The van der Waals surface area contributed by atoms with Crippen LogP contribution in [0.2, 0.25) is 0 Å². The van der Waals surface area contributed by atoms with Gasteiger partial charge in [0.1, 0.15) is 0 Å². The summed E-state index contributed by atoms with van der Waals surface area (Å²) in [5.74, 6) is -0.112. The normalized spacial score (nSPS) is 12.9. The third-order valence-electron chi connectivity index (χ3n) is 3.34. The molecular formula is C15H10BNO3. The number of carbonyl (C=O) groups is 1. The number of rotatable bonds is 2. The van der Waals surface area contributed by atoms with E-state index >= 15 is 0 Å². The summed E-state index contributed by atoms with van der Waals surface area (Å²) in [6, 6.07) is 13.7. The van der Waals surface area contributed by atoms with E-state index in [9.17, 15) is 9.82 Å². The van der Waals surface area contributed by atoms with E-state index in [-0.39, 0.29) is 5.78 Å². The van der Waals surface area contributed by atoms with Gasteiger partial charge in [-0.2, -0.15) is 5.26 Å². The zero-order valence-corrected chi connectivity index (χ0v) is 10.5. The maximum atomic E-state index is 12.3. The standard InChI is InChI=1S/C15H10BNO3/c17-8-10-1-3-11(4-2-10)15(18)12-5-6-14-13(7-12)9-20-16(14)19/h1-7,19H,9H2. The molecule has 5 heteroatoms. The highest BCUT2D eigenvalue weighted by Gasteiger charge is 2.27. The van der Waals surface area contributed by atoms with Crippen LogP contribution in [0.5, 0.6) is 0 Å². The molecule has 0 radical (unpaired) electrons. The average molecular weight is 263 g/mol. The molecule has 0 saturated heterocycles. The van der Waals surface area contributed by atoms with E-state index in [1.54, 1.807) is 42.5 Å². The maximum Gasteiger partial charge on any atom is 0.491 e. The van der Waals surface area contributed by atoms with Crippen LogP contribution < -0.4 is 5.46 Å².